The van der Waals surface area contributed by atoms with E-state index in [1.165, 1.54) is 31.2 Å². The first-order valence-corrected chi connectivity index (χ1v) is 9.48. The van der Waals surface area contributed by atoms with Gasteiger partial charge < -0.3 is 9.47 Å². The third-order valence-electron chi connectivity index (χ3n) is 5.07. The number of unbranched alkanes of at least 4 members (excludes halogenated alkanes) is 1. The summed E-state index contributed by atoms with van der Waals surface area (Å²) in [5.41, 5.74) is 0.999. The van der Waals surface area contributed by atoms with Crippen LogP contribution in [0, 0.1) is 24.4 Å². The molecule has 1 saturated heterocycles. The Hall–Kier alpha value is -1.85. The summed E-state index contributed by atoms with van der Waals surface area (Å²) in [6, 6.07) is 7.55. The second-order valence-electron chi connectivity index (χ2n) is 7.06. The van der Waals surface area contributed by atoms with Crippen LogP contribution >= 0.6 is 0 Å². The van der Waals surface area contributed by atoms with Crippen molar-refractivity contribution in [1.29, 1.82) is 0 Å². The van der Waals surface area contributed by atoms with E-state index in [1.807, 2.05) is 0 Å². The lowest BCUT2D eigenvalue weighted by atomic mass is 9.91. The first kappa shape index (κ1) is 19.9. The van der Waals surface area contributed by atoms with Crippen LogP contribution in [0.3, 0.4) is 0 Å². The minimum absolute atomic E-state index is 0.0626. The fourth-order valence-corrected chi connectivity index (χ4v) is 3.34. The summed E-state index contributed by atoms with van der Waals surface area (Å²) in [5.74, 6) is -2.45. The van der Waals surface area contributed by atoms with Crippen LogP contribution in [-0.4, -0.2) is 19.5 Å². The Morgan fingerprint density at radius 2 is 1.81 bits per heavy atom. The highest BCUT2D eigenvalue weighted by molar-refractivity contribution is 5.66. The normalized spacial score (nSPS) is 20.0. The minimum atomic E-state index is -1.02. The number of aryl methyl sites for hydroxylation is 1. The maximum absolute atomic E-state index is 14.6. The highest BCUT2D eigenvalue weighted by Crippen LogP contribution is 2.33. The summed E-state index contributed by atoms with van der Waals surface area (Å²) in [4.78, 5) is 0. The van der Waals surface area contributed by atoms with Gasteiger partial charge >= 0.3 is 0 Å². The molecule has 5 heteroatoms. The number of benzene rings is 2. The summed E-state index contributed by atoms with van der Waals surface area (Å²) in [5, 5.41) is 0. The van der Waals surface area contributed by atoms with E-state index in [0.717, 1.165) is 31.2 Å². The van der Waals surface area contributed by atoms with Crippen LogP contribution in [0.4, 0.5) is 13.2 Å². The maximum atomic E-state index is 14.6. The maximum Gasteiger partial charge on any atom is 0.167 e. The van der Waals surface area contributed by atoms with E-state index in [9.17, 15) is 13.2 Å². The summed E-state index contributed by atoms with van der Waals surface area (Å²) >= 11 is 0. The van der Waals surface area contributed by atoms with Gasteiger partial charge in [0.1, 0.15) is 5.82 Å². The number of rotatable bonds is 6. The molecule has 0 aliphatic carbocycles. The van der Waals surface area contributed by atoms with Gasteiger partial charge in [-0.1, -0.05) is 37.6 Å². The SMILES string of the molecule is CCCCOC1CCC(c2ccc(-c3ccc(C)c(F)c3F)c(F)c2)CO1. The van der Waals surface area contributed by atoms with Crippen molar-refractivity contribution in [1.82, 2.24) is 0 Å². The highest BCUT2D eigenvalue weighted by atomic mass is 19.2. The average molecular weight is 378 g/mol. The van der Waals surface area contributed by atoms with Crippen molar-refractivity contribution in [2.75, 3.05) is 13.2 Å². The number of halogens is 3. The Kier molecular flexibility index (Phi) is 6.55. The van der Waals surface area contributed by atoms with Gasteiger partial charge in [-0.3, -0.25) is 0 Å². The first-order valence-electron chi connectivity index (χ1n) is 9.48. The molecule has 0 N–H and O–H groups in total. The van der Waals surface area contributed by atoms with Gasteiger partial charge in [0.15, 0.2) is 17.9 Å². The Bertz CT molecular complexity index is 783. The molecule has 2 nitrogen and oxygen atoms in total. The van der Waals surface area contributed by atoms with Gasteiger partial charge in [0.25, 0.3) is 0 Å². The summed E-state index contributed by atoms with van der Waals surface area (Å²) < 4.78 is 54.0. The van der Waals surface area contributed by atoms with Crippen molar-refractivity contribution in [3.05, 3.63) is 58.9 Å². The number of ether oxygens (including phenoxy) is 2. The summed E-state index contributed by atoms with van der Waals surface area (Å²) in [7, 11) is 0. The number of hydrogen-bond donors (Lipinski definition) is 0. The standard InChI is InChI=1S/C22H25F3O2/c1-3-4-11-26-20-10-7-16(13-27-20)15-6-9-17(19(23)12-15)18-8-5-14(2)21(24)22(18)25/h5-6,8-9,12,16,20H,3-4,7,10-11,13H2,1-2H3. The lowest BCUT2D eigenvalue weighted by Gasteiger charge is -2.29. The van der Waals surface area contributed by atoms with E-state index in [-0.39, 0.29) is 28.9 Å². The lowest BCUT2D eigenvalue weighted by Crippen LogP contribution is -2.27. The zero-order valence-corrected chi connectivity index (χ0v) is 15.7. The Morgan fingerprint density at radius 1 is 1.04 bits per heavy atom. The molecule has 146 valence electrons. The summed E-state index contributed by atoms with van der Waals surface area (Å²) in [6.45, 7) is 4.73. The molecular weight excluding hydrogens is 353 g/mol. The van der Waals surface area contributed by atoms with Crippen LogP contribution in [0.2, 0.25) is 0 Å². The molecule has 2 atom stereocenters. The minimum Gasteiger partial charge on any atom is -0.353 e. The van der Waals surface area contributed by atoms with Gasteiger partial charge in [0.05, 0.1) is 6.61 Å². The average Bonchev–Trinajstić information content (AvgIpc) is 2.68. The van der Waals surface area contributed by atoms with E-state index in [1.54, 1.807) is 6.07 Å². The van der Waals surface area contributed by atoms with Crippen LogP contribution in [0.1, 0.15) is 49.7 Å². The van der Waals surface area contributed by atoms with Crippen LogP contribution in [-0.2, 0) is 9.47 Å². The predicted octanol–water partition coefficient (Wildman–Crippen LogP) is 6.12. The molecule has 1 aliphatic rings. The van der Waals surface area contributed by atoms with Crippen molar-refractivity contribution >= 4 is 0 Å². The molecule has 27 heavy (non-hydrogen) atoms. The van der Waals surface area contributed by atoms with E-state index in [2.05, 4.69) is 6.92 Å². The zero-order chi connectivity index (χ0) is 19.4. The first-order chi connectivity index (χ1) is 13.0. The molecule has 2 aromatic carbocycles. The molecule has 1 heterocycles. The molecule has 3 rings (SSSR count). The molecule has 2 unspecified atom stereocenters. The van der Waals surface area contributed by atoms with E-state index in [4.69, 9.17) is 9.47 Å². The van der Waals surface area contributed by atoms with Crippen LogP contribution in [0.5, 0.6) is 0 Å². The molecule has 1 aliphatic heterocycles. The molecule has 1 fully saturated rings. The molecule has 2 aromatic rings. The molecular formula is C22H25F3O2. The highest BCUT2D eigenvalue weighted by Gasteiger charge is 2.24. The molecule has 0 aromatic heterocycles. The van der Waals surface area contributed by atoms with Gasteiger partial charge in [0.2, 0.25) is 0 Å². The molecule has 0 spiro atoms. The van der Waals surface area contributed by atoms with Crippen LogP contribution < -0.4 is 0 Å². The quantitative estimate of drug-likeness (QED) is 0.564. The van der Waals surface area contributed by atoms with Gasteiger partial charge in [-0.15, -0.1) is 0 Å². The van der Waals surface area contributed by atoms with Crippen LogP contribution in [0.15, 0.2) is 30.3 Å². The van der Waals surface area contributed by atoms with Crippen molar-refractivity contribution < 1.29 is 22.6 Å². The van der Waals surface area contributed by atoms with Crippen molar-refractivity contribution in [2.45, 2.75) is 51.7 Å². The Balaban J connectivity index is 1.70. The topological polar surface area (TPSA) is 18.5 Å². The second kappa shape index (κ2) is 8.89. The smallest absolute Gasteiger partial charge is 0.167 e. The lowest BCUT2D eigenvalue weighted by molar-refractivity contribution is -0.167. The zero-order valence-electron chi connectivity index (χ0n) is 15.7. The fraction of sp³-hybridized carbons (Fsp3) is 0.455. The summed E-state index contributed by atoms with van der Waals surface area (Å²) in [6.07, 6.45) is 3.48. The van der Waals surface area contributed by atoms with Gasteiger partial charge in [-0.25, -0.2) is 13.2 Å². The van der Waals surface area contributed by atoms with Crippen molar-refractivity contribution in [2.24, 2.45) is 0 Å². The molecule has 0 radical (unpaired) electrons. The monoisotopic (exact) mass is 378 g/mol. The van der Waals surface area contributed by atoms with Crippen molar-refractivity contribution in [3.8, 4) is 11.1 Å². The van der Waals surface area contributed by atoms with Crippen LogP contribution in [0.25, 0.3) is 11.1 Å². The molecule has 0 bridgehead atoms. The fourth-order valence-electron chi connectivity index (χ4n) is 3.34. The van der Waals surface area contributed by atoms with E-state index in [0.29, 0.717) is 13.2 Å². The Labute approximate surface area is 158 Å². The van der Waals surface area contributed by atoms with Gasteiger partial charge in [-0.2, -0.15) is 0 Å². The van der Waals surface area contributed by atoms with E-state index < -0.39 is 17.5 Å². The number of hydrogen-bond acceptors (Lipinski definition) is 2. The Morgan fingerprint density at radius 3 is 2.48 bits per heavy atom. The van der Waals surface area contributed by atoms with Crippen molar-refractivity contribution in [3.63, 3.8) is 0 Å². The largest absolute Gasteiger partial charge is 0.353 e. The molecule has 0 amide bonds. The van der Waals surface area contributed by atoms with Gasteiger partial charge in [0, 0.05) is 23.7 Å². The molecule has 0 saturated carbocycles. The predicted molar refractivity (Wildman–Crippen MR) is 99.1 cm³/mol. The second-order valence-corrected chi connectivity index (χ2v) is 7.06. The van der Waals surface area contributed by atoms with E-state index >= 15 is 0 Å². The third kappa shape index (κ3) is 4.53. The van der Waals surface area contributed by atoms with Gasteiger partial charge in [-0.05, 0) is 43.4 Å². The third-order valence-corrected chi connectivity index (χ3v) is 5.07.